The first-order valence-electron chi connectivity index (χ1n) is 17.5. The maximum Gasteiger partial charge on any atom is 0.236 e. The van der Waals surface area contributed by atoms with Gasteiger partial charge in [-0.15, -0.1) is 11.3 Å². The molecule has 4 aliphatic heterocycles. The Bertz CT molecular complexity index is 1550. The Labute approximate surface area is 278 Å². The number of likely N-dealkylation sites (N-methyl/N-ethyl adjacent to an activating group) is 1. The lowest BCUT2D eigenvalue weighted by Crippen LogP contribution is -2.53. The lowest BCUT2D eigenvalue weighted by molar-refractivity contribution is -0.137. The normalized spacial score (nSPS) is 23.2. The summed E-state index contributed by atoms with van der Waals surface area (Å²) in [5.41, 5.74) is 5.83. The number of nitrogens with one attached hydrogen (secondary N) is 1. The molecule has 0 atom stereocenters. The Morgan fingerprint density at radius 2 is 1.46 bits per heavy atom. The van der Waals surface area contributed by atoms with Gasteiger partial charge in [-0.2, -0.15) is 0 Å². The molecule has 4 fully saturated rings. The molecular formula is C37H52N6O2S. The molecular weight excluding hydrogens is 593 g/mol. The van der Waals surface area contributed by atoms with Crippen LogP contribution in [0, 0.1) is 13.8 Å². The number of hydrogen-bond acceptors (Lipinski definition) is 6. The van der Waals surface area contributed by atoms with Crippen LogP contribution in [0.4, 0.5) is 0 Å². The van der Waals surface area contributed by atoms with Gasteiger partial charge in [0.1, 0.15) is 4.83 Å². The smallest absolute Gasteiger partial charge is 0.236 e. The monoisotopic (exact) mass is 644 g/mol. The number of carbonyl (C=O) groups is 2. The second-order valence-corrected chi connectivity index (χ2v) is 16.1. The fraction of sp³-hybridized carbons (Fsp3) is 0.622. The first-order valence-corrected chi connectivity index (χ1v) is 18.4. The molecule has 1 aromatic carbocycles. The first-order chi connectivity index (χ1) is 22.1. The van der Waals surface area contributed by atoms with Crippen LogP contribution in [-0.2, 0) is 21.4 Å². The number of carbonyl (C=O) groups excluding carboxylic acids is 2. The van der Waals surface area contributed by atoms with E-state index in [9.17, 15) is 9.59 Å². The third-order valence-corrected chi connectivity index (χ3v) is 12.7. The summed E-state index contributed by atoms with van der Waals surface area (Å²) in [5.74, 6) is 0.586. The second-order valence-electron chi connectivity index (χ2n) is 15.1. The lowest BCUT2D eigenvalue weighted by atomic mass is 9.88. The van der Waals surface area contributed by atoms with Gasteiger partial charge in [0.05, 0.1) is 17.7 Å². The Morgan fingerprint density at radius 1 is 0.848 bits per heavy atom. The fourth-order valence-electron chi connectivity index (χ4n) is 8.43. The molecule has 2 amide bonds. The zero-order valence-electron chi connectivity index (χ0n) is 28.5. The topological polar surface area (TPSA) is 66.1 Å². The molecule has 9 heteroatoms. The number of rotatable bonds is 8. The van der Waals surface area contributed by atoms with Crippen molar-refractivity contribution in [2.75, 3.05) is 72.5 Å². The van der Waals surface area contributed by atoms with Crippen molar-refractivity contribution in [1.29, 1.82) is 0 Å². The highest BCUT2D eigenvalue weighted by Gasteiger charge is 2.47. The molecule has 0 unspecified atom stereocenters. The minimum atomic E-state index is -0.537. The van der Waals surface area contributed by atoms with E-state index in [0.717, 1.165) is 70.2 Å². The standard InChI is InChI=1S/C37H52N6O2S/c1-25-20-26(2)22-27(21-25)34-30(10-11-40-14-16-41(17-15-40)24-33(44)42-18-12-39(5)13-19-42)31-23-32(46-35(31)38-34)37(3,4)36(45)43-28-6-7-29(43)9-8-28/h20-23,28-29,38H,6-19,24H2,1-5H3. The van der Waals surface area contributed by atoms with Crippen LogP contribution in [0.3, 0.4) is 0 Å². The molecule has 3 aromatic rings. The highest BCUT2D eigenvalue weighted by Crippen LogP contribution is 2.44. The number of amides is 2. The van der Waals surface area contributed by atoms with Gasteiger partial charge in [-0.3, -0.25) is 14.5 Å². The summed E-state index contributed by atoms with van der Waals surface area (Å²) in [4.78, 5) is 44.6. The van der Waals surface area contributed by atoms with Gasteiger partial charge in [-0.25, -0.2) is 0 Å². The van der Waals surface area contributed by atoms with Crippen molar-refractivity contribution in [3.8, 4) is 11.3 Å². The molecule has 7 rings (SSSR count). The molecule has 0 radical (unpaired) electrons. The summed E-state index contributed by atoms with van der Waals surface area (Å²) >= 11 is 1.77. The molecule has 248 valence electrons. The number of nitrogens with zero attached hydrogens (tertiary/aromatic N) is 5. The number of thiophene rings is 1. The van der Waals surface area contributed by atoms with Crippen LogP contribution in [0.1, 0.15) is 61.1 Å². The minimum Gasteiger partial charge on any atom is -0.346 e. The number of aromatic amines is 1. The number of aryl methyl sites for hydroxylation is 2. The molecule has 4 saturated heterocycles. The van der Waals surface area contributed by atoms with Gasteiger partial charge in [0.15, 0.2) is 0 Å². The Hall–Kier alpha value is -2.72. The van der Waals surface area contributed by atoms with Crippen LogP contribution in [0.15, 0.2) is 24.3 Å². The van der Waals surface area contributed by atoms with Gasteiger partial charge in [0.2, 0.25) is 11.8 Å². The predicted molar refractivity (Wildman–Crippen MR) is 188 cm³/mol. The average Bonchev–Trinajstić information content (AvgIpc) is 3.81. The number of aromatic nitrogens is 1. The summed E-state index contributed by atoms with van der Waals surface area (Å²) < 4.78 is 0. The van der Waals surface area contributed by atoms with Crippen LogP contribution in [-0.4, -0.2) is 126 Å². The molecule has 8 nitrogen and oxygen atoms in total. The Morgan fingerprint density at radius 3 is 2.09 bits per heavy atom. The molecule has 2 bridgehead atoms. The number of benzene rings is 1. The molecule has 2 aromatic heterocycles. The van der Waals surface area contributed by atoms with Crippen molar-refractivity contribution < 1.29 is 9.59 Å². The quantitative estimate of drug-likeness (QED) is 0.379. The van der Waals surface area contributed by atoms with Crippen molar-refractivity contribution in [2.24, 2.45) is 0 Å². The highest BCUT2D eigenvalue weighted by molar-refractivity contribution is 7.19. The number of hydrogen-bond donors (Lipinski definition) is 1. The lowest BCUT2D eigenvalue weighted by Gasteiger charge is -2.37. The summed E-state index contributed by atoms with van der Waals surface area (Å²) in [5, 5.41) is 1.27. The van der Waals surface area contributed by atoms with Crippen LogP contribution >= 0.6 is 11.3 Å². The van der Waals surface area contributed by atoms with Crippen molar-refractivity contribution in [1.82, 2.24) is 29.5 Å². The second kappa shape index (κ2) is 12.7. The van der Waals surface area contributed by atoms with E-state index < -0.39 is 5.41 Å². The summed E-state index contributed by atoms with van der Waals surface area (Å²) in [6, 6.07) is 10.0. The van der Waals surface area contributed by atoms with E-state index in [-0.39, 0.29) is 5.91 Å². The number of fused-ring (bicyclic) bond motifs is 3. The summed E-state index contributed by atoms with van der Waals surface area (Å²) in [6.07, 6.45) is 5.62. The number of H-pyrrole nitrogens is 1. The highest BCUT2D eigenvalue weighted by atomic mass is 32.1. The maximum atomic E-state index is 14.0. The van der Waals surface area contributed by atoms with Gasteiger partial charge in [-0.1, -0.05) is 17.2 Å². The van der Waals surface area contributed by atoms with Gasteiger partial charge >= 0.3 is 0 Å². The van der Waals surface area contributed by atoms with E-state index in [2.05, 4.69) is 83.6 Å². The third-order valence-electron chi connectivity index (χ3n) is 11.3. The molecule has 46 heavy (non-hydrogen) atoms. The third kappa shape index (κ3) is 6.16. The van der Waals surface area contributed by atoms with Crippen molar-refractivity contribution in [2.45, 2.75) is 77.3 Å². The largest absolute Gasteiger partial charge is 0.346 e. The van der Waals surface area contributed by atoms with Crippen LogP contribution in [0.5, 0.6) is 0 Å². The van der Waals surface area contributed by atoms with Crippen molar-refractivity contribution in [3.05, 3.63) is 45.8 Å². The van der Waals surface area contributed by atoms with Gasteiger partial charge in [0.25, 0.3) is 0 Å². The Balaban J connectivity index is 1.07. The maximum absolute atomic E-state index is 14.0. The summed E-state index contributed by atoms with van der Waals surface area (Å²) in [7, 11) is 2.13. The van der Waals surface area contributed by atoms with Gasteiger partial charge in [-0.05, 0) is 96.2 Å². The van der Waals surface area contributed by atoms with E-state index in [4.69, 9.17) is 0 Å². The van der Waals surface area contributed by atoms with Crippen LogP contribution in [0.2, 0.25) is 0 Å². The summed E-state index contributed by atoms with van der Waals surface area (Å²) in [6.45, 7) is 17.6. The fourth-order valence-corrected chi connectivity index (χ4v) is 9.61. The molecule has 0 saturated carbocycles. The Kier molecular flexibility index (Phi) is 8.80. The molecule has 1 N–H and O–H groups in total. The molecule has 0 spiro atoms. The SMILES string of the molecule is Cc1cc(C)cc(-c2[nH]c3sc(C(C)(C)C(=O)N4C5CCC4CC5)cc3c2CCN2CCN(CC(=O)N3CCN(C)CC3)CC2)c1. The van der Waals surface area contributed by atoms with E-state index in [0.29, 0.717) is 24.5 Å². The number of piperazine rings is 2. The van der Waals surface area contributed by atoms with Crippen molar-refractivity contribution >= 4 is 33.4 Å². The average molecular weight is 645 g/mol. The van der Waals surface area contributed by atoms with E-state index in [1.165, 1.54) is 63.8 Å². The van der Waals surface area contributed by atoms with Crippen molar-refractivity contribution in [3.63, 3.8) is 0 Å². The zero-order chi connectivity index (χ0) is 32.2. The zero-order valence-corrected chi connectivity index (χ0v) is 29.3. The van der Waals surface area contributed by atoms with E-state index in [1.807, 2.05) is 4.90 Å². The molecule has 4 aliphatic rings. The predicted octanol–water partition coefficient (Wildman–Crippen LogP) is 4.88. The van der Waals surface area contributed by atoms with E-state index >= 15 is 0 Å². The first kappa shape index (κ1) is 31.9. The van der Waals surface area contributed by atoms with E-state index in [1.54, 1.807) is 11.3 Å². The molecule has 0 aliphatic carbocycles. The minimum absolute atomic E-state index is 0.279. The molecule has 6 heterocycles. The van der Waals surface area contributed by atoms with Crippen LogP contribution in [0.25, 0.3) is 21.5 Å². The van der Waals surface area contributed by atoms with Crippen LogP contribution < -0.4 is 0 Å². The van der Waals surface area contributed by atoms with Gasteiger partial charge < -0.3 is 24.6 Å². The van der Waals surface area contributed by atoms with Gasteiger partial charge in [0, 0.05) is 81.2 Å².